The number of benzene rings is 1. The molecule has 0 atom stereocenters. The van der Waals surface area contributed by atoms with E-state index >= 15 is 0 Å². The smallest absolute Gasteiger partial charge is 0.262 e. The quantitative estimate of drug-likeness (QED) is 0.290. The molecule has 7 nitrogen and oxygen atoms in total. The molecule has 3 aromatic heterocycles. The van der Waals surface area contributed by atoms with Crippen molar-refractivity contribution in [1.29, 1.82) is 0 Å². The predicted octanol–water partition coefficient (Wildman–Crippen LogP) is 4.21. The molecule has 0 aliphatic carbocycles. The van der Waals surface area contributed by atoms with Crippen LogP contribution in [0, 0.1) is 0 Å². The maximum Gasteiger partial charge on any atom is 0.262 e. The van der Waals surface area contributed by atoms with E-state index in [0.29, 0.717) is 46.7 Å². The lowest BCUT2D eigenvalue weighted by molar-refractivity contribution is 0.183. The predicted molar refractivity (Wildman–Crippen MR) is 113 cm³/mol. The second kappa shape index (κ2) is 8.56. The Hall–Kier alpha value is -2.01. The van der Waals surface area contributed by atoms with Crippen LogP contribution in [0.25, 0.3) is 22.3 Å². The highest BCUT2D eigenvalue weighted by atomic mass is 79.9. The van der Waals surface area contributed by atoms with E-state index in [9.17, 15) is 4.79 Å². The van der Waals surface area contributed by atoms with E-state index in [4.69, 9.17) is 9.26 Å². The lowest BCUT2D eigenvalue weighted by Crippen LogP contribution is -2.25. The first-order chi connectivity index (χ1) is 13.7. The minimum atomic E-state index is -0.102. The van der Waals surface area contributed by atoms with E-state index in [0.717, 1.165) is 10.0 Å². The maximum absolute atomic E-state index is 13.0. The SMILES string of the molecule is COCCn1c(SCc2nc(-c3ccsc3)no2)nc2ccc(Br)cc2c1=O. The number of hydrogen-bond acceptors (Lipinski definition) is 8. The molecule has 4 aromatic rings. The summed E-state index contributed by atoms with van der Waals surface area (Å²) in [6.45, 7) is 0.828. The minimum Gasteiger partial charge on any atom is -0.383 e. The Balaban J connectivity index is 1.63. The number of thiophene rings is 1. The highest BCUT2D eigenvalue weighted by Gasteiger charge is 2.15. The Labute approximate surface area is 176 Å². The standard InChI is InChI=1S/C18H15BrN4O3S2/c1-25-6-5-23-17(24)13-8-12(19)2-3-14(13)20-18(23)28-10-15-21-16(22-26-15)11-4-7-27-9-11/h2-4,7-9H,5-6,10H2,1H3. The number of nitrogens with zero attached hydrogens (tertiary/aromatic N) is 4. The first kappa shape index (κ1) is 19.3. The molecule has 0 aliphatic rings. The van der Waals surface area contributed by atoms with Crippen molar-refractivity contribution in [3.8, 4) is 11.4 Å². The van der Waals surface area contributed by atoms with E-state index in [-0.39, 0.29) is 5.56 Å². The summed E-state index contributed by atoms with van der Waals surface area (Å²) in [7, 11) is 1.60. The lowest BCUT2D eigenvalue weighted by Gasteiger charge is -2.12. The minimum absolute atomic E-state index is 0.102. The molecule has 0 saturated heterocycles. The topological polar surface area (TPSA) is 83.0 Å². The van der Waals surface area contributed by atoms with Gasteiger partial charge in [0.05, 0.1) is 29.8 Å². The van der Waals surface area contributed by atoms with Crippen LogP contribution in [-0.4, -0.2) is 33.4 Å². The van der Waals surface area contributed by atoms with Gasteiger partial charge in [0.25, 0.3) is 5.56 Å². The zero-order valence-electron chi connectivity index (χ0n) is 14.8. The van der Waals surface area contributed by atoms with Crippen LogP contribution in [0.2, 0.25) is 0 Å². The molecule has 1 aromatic carbocycles. The van der Waals surface area contributed by atoms with Gasteiger partial charge in [-0.25, -0.2) is 4.98 Å². The van der Waals surface area contributed by atoms with Crippen LogP contribution < -0.4 is 5.56 Å². The van der Waals surface area contributed by atoms with Gasteiger partial charge in [0, 0.05) is 22.5 Å². The highest BCUT2D eigenvalue weighted by Crippen LogP contribution is 2.25. The van der Waals surface area contributed by atoms with Crippen LogP contribution >= 0.6 is 39.0 Å². The number of thioether (sulfide) groups is 1. The van der Waals surface area contributed by atoms with Gasteiger partial charge in [-0.1, -0.05) is 32.8 Å². The molecular formula is C18H15BrN4O3S2. The van der Waals surface area contributed by atoms with Crippen LogP contribution in [0.5, 0.6) is 0 Å². The van der Waals surface area contributed by atoms with Gasteiger partial charge in [-0.3, -0.25) is 9.36 Å². The third kappa shape index (κ3) is 4.04. The monoisotopic (exact) mass is 478 g/mol. The zero-order valence-corrected chi connectivity index (χ0v) is 18.0. The molecule has 0 fully saturated rings. The third-order valence-corrected chi connectivity index (χ3v) is 6.11. The Morgan fingerprint density at radius 1 is 1.32 bits per heavy atom. The Morgan fingerprint density at radius 3 is 3.00 bits per heavy atom. The van der Waals surface area contributed by atoms with Gasteiger partial charge in [-0.2, -0.15) is 16.3 Å². The van der Waals surface area contributed by atoms with Crippen molar-refractivity contribution in [2.75, 3.05) is 13.7 Å². The molecule has 0 aliphatic heterocycles. The molecule has 0 amide bonds. The molecule has 4 rings (SSSR count). The van der Waals surface area contributed by atoms with Crippen LogP contribution in [0.3, 0.4) is 0 Å². The average molecular weight is 479 g/mol. The van der Waals surface area contributed by atoms with Gasteiger partial charge in [0.15, 0.2) is 5.16 Å². The van der Waals surface area contributed by atoms with Crippen LogP contribution in [-0.2, 0) is 17.0 Å². The Kier molecular flexibility index (Phi) is 5.90. The summed E-state index contributed by atoms with van der Waals surface area (Å²) < 4.78 is 13.0. The first-order valence-corrected chi connectivity index (χ1v) is 11.0. The van der Waals surface area contributed by atoms with E-state index in [1.807, 2.05) is 29.0 Å². The third-order valence-electron chi connectivity index (χ3n) is 3.97. The summed E-state index contributed by atoms with van der Waals surface area (Å²) in [6.07, 6.45) is 0. The normalized spacial score (nSPS) is 11.4. The maximum atomic E-state index is 13.0. The molecule has 0 N–H and O–H groups in total. The summed E-state index contributed by atoms with van der Waals surface area (Å²) in [6, 6.07) is 7.42. The van der Waals surface area contributed by atoms with Gasteiger partial charge in [0.1, 0.15) is 0 Å². The Bertz CT molecular complexity index is 1160. The number of rotatable bonds is 7. The van der Waals surface area contributed by atoms with E-state index in [2.05, 4.69) is 31.1 Å². The summed E-state index contributed by atoms with van der Waals surface area (Å²) >= 11 is 6.37. The van der Waals surface area contributed by atoms with Gasteiger partial charge >= 0.3 is 0 Å². The summed E-state index contributed by atoms with van der Waals surface area (Å²) in [5.74, 6) is 1.46. The van der Waals surface area contributed by atoms with Crippen molar-refractivity contribution in [2.45, 2.75) is 17.5 Å². The molecule has 28 heavy (non-hydrogen) atoms. The van der Waals surface area contributed by atoms with Crippen LogP contribution in [0.1, 0.15) is 5.89 Å². The number of halogens is 1. The van der Waals surface area contributed by atoms with Crippen molar-refractivity contribution in [3.05, 3.63) is 55.7 Å². The first-order valence-electron chi connectivity index (χ1n) is 8.32. The fraction of sp³-hybridized carbons (Fsp3) is 0.222. The average Bonchev–Trinajstić information content (AvgIpc) is 3.38. The molecule has 144 valence electrons. The number of ether oxygens (including phenoxy) is 1. The zero-order chi connectivity index (χ0) is 19.5. The summed E-state index contributed by atoms with van der Waals surface area (Å²) in [4.78, 5) is 22.0. The van der Waals surface area contributed by atoms with Crippen molar-refractivity contribution in [2.24, 2.45) is 0 Å². The second-order valence-corrected chi connectivity index (χ2v) is 8.46. The lowest BCUT2D eigenvalue weighted by atomic mass is 10.2. The fourth-order valence-corrected chi connectivity index (χ4v) is 4.47. The van der Waals surface area contributed by atoms with Gasteiger partial charge in [-0.15, -0.1) is 0 Å². The molecular weight excluding hydrogens is 464 g/mol. The second-order valence-electron chi connectivity index (χ2n) is 5.82. The summed E-state index contributed by atoms with van der Waals surface area (Å²) in [5, 5.41) is 9.10. The molecule has 0 unspecified atom stereocenters. The van der Waals surface area contributed by atoms with Crippen LogP contribution in [0.15, 0.2) is 54.0 Å². The largest absolute Gasteiger partial charge is 0.383 e. The van der Waals surface area contributed by atoms with Crippen molar-refractivity contribution in [3.63, 3.8) is 0 Å². The van der Waals surface area contributed by atoms with Gasteiger partial charge < -0.3 is 9.26 Å². The molecule has 0 saturated carbocycles. The number of aromatic nitrogens is 4. The van der Waals surface area contributed by atoms with Gasteiger partial charge in [0.2, 0.25) is 11.7 Å². The van der Waals surface area contributed by atoms with Crippen molar-refractivity contribution in [1.82, 2.24) is 19.7 Å². The molecule has 3 heterocycles. The van der Waals surface area contributed by atoms with E-state index in [1.54, 1.807) is 29.1 Å². The number of methoxy groups -OCH3 is 1. The van der Waals surface area contributed by atoms with E-state index in [1.165, 1.54) is 11.8 Å². The van der Waals surface area contributed by atoms with Gasteiger partial charge in [-0.05, 0) is 29.6 Å². The number of fused-ring (bicyclic) bond motifs is 1. The van der Waals surface area contributed by atoms with E-state index < -0.39 is 0 Å². The molecule has 0 spiro atoms. The number of hydrogen-bond donors (Lipinski definition) is 0. The van der Waals surface area contributed by atoms with Crippen molar-refractivity contribution < 1.29 is 9.26 Å². The van der Waals surface area contributed by atoms with Crippen LogP contribution in [0.4, 0.5) is 0 Å². The molecule has 10 heteroatoms. The fourth-order valence-electron chi connectivity index (χ4n) is 2.61. The highest BCUT2D eigenvalue weighted by molar-refractivity contribution is 9.10. The summed E-state index contributed by atoms with van der Waals surface area (Å²) in [5.41, 5.74) is 1.47. The van der Waals surface area contributed by atoms with Crippen molar-refractivity contribution >= 4 is 49.9 Å². The molecule has 0 bridgehead atoms. The Morgan fingerprint density at radius 2 is 2.21 bits per heavy atom. The molecule has 0 radical (unpaired) electrons.